The van der Waals surface area contributed by atoms with Crippen LogP contribution in [0.15, 0.2) is 18.2 Å². The van der Waals surface area contributed by atoms with Gasteiger partial charge in [-0.2, -0.15) is 0 Å². The van der Waals surface area contributed by atoms with Crippen LogP contribution in [0.2, 0.25) is 5.02 Å². The predicted octanol–water partition coefficient (Wildman–Crippen LogP) is 4.05. The van der Waals surface area contributed by atoms with Crippen LogP contribution >= 0.6 is 24.0 Å². The molecule has 0 saturated carbocycles. The number of hydrogen-bond donors (Lipinski definition) is 1. The van der Waals surface area contributed by atoms with E-state index in [-0.39, 0.29) is 17.9 Å². The fraction of sp³-hybridized carbons (Fsp3) is 0.538. The first-order valence-electron chi connectivity index (χ1n) is 5.58. The molecule has 98 valence electrons. The van der Waals surface area contributed by atoms with Gasteiger partial charge in [0.1, 0.15) is 5.75 Å². The third-order valence-corrected chi connectivity index (χ3v) is 2.37. The largest absolute Gasteiger partial charge is 0.494 e. The highest BCUT2D eigenvalue weighted by Gasteiger charge is 2.11. The Morgan fingerprint density at radius 3 is 2.47 bits per heavy atom. The lowest BCUT2D eigenvalue weighted by molar-refractivity contribution is 0.332. The Labute approximate surface area is 115 Å². The molecule has 0 atom stereocenters. The van der Waals surface area contributed by atoms with Crippen molar-refractivity contribution in [1.82, 2.24) is 5.32 Å². The molecule has 0 aliphatic heterocycles. The molecule has 0 aromatic heterocycles. The standard InChI is InChI=1S/C13H20ClNO.ClH/c1-5-16-12-7-6-11(14)8-10(12)9-15-13(2,3)4;/h6-8,15H,5,9H2,1-4H3;1H. The van der Waals surface area contributed by atoms with Gasteiger partial charge < -0.3 is 10.1 Å². The van der Waals surface area contributed by atoms with E-state index in [1.54, 1.807) is 0 Å². The van der Waals surface area contributed by atoms with Crippen LogP contribution in [-0.2, 0) is 6.54 Å². The fourth-order valence-electron chi connectivity index (χ4n) is 1.34. The molecular weight excluding hydrogens is 257 g/mol. The molecule has 4 heteroatoms. The molecule has 17 heavy (non-hydrogen) atoms. The van der Waals surface area contributed by atoms with Crippen LogP contribution in [0.4, 0.5) is 0 Å². The lowest BCUT2D eigenvalue weighted by Gasteiger charge is -2.21. The first kappa shape index (κ1) is 16.6. The predicted molar refractivity (Wildman–Crippen MR) is 76.5 cm³/mol. The maximum atomic E-state index is 5.98. The van der Waals surface area contributed by atoms with Crippen molar-refractivity contribution in [2.45, 2.75) is 39.8 Å². The summed E-state index contributed by atoms with van der Waals surface area (Å²) >= 11 is 5.98. The third kappa shape index (κ3) is 6.16. The van der Waals surface area contributed by atoms with Gasteiger partial charge in [0.2, 0.25) is 0 Å². The monoisotopic (exact) mass is 277 g/mol. The van der Waals surface area contributed by atoms with E-state index in [1.807, 2.05) is 25.1 Å². The number of hydrogen-bond acceptors (Lipinski definition) is 2. The number of benzene rings is 1. The summed E-state index contributed by atoms with van der Waals surface area (Å²) in [5, 5.41) is 4.17. The van der Waals surface area contributed by atoms with E-state index in [0.717, 1.165) is 22.9 Å². The molecule has 0 amide bonds. The second-order valence-corrected chi connectivity index (χ2v) is 5.23. The lowest BCUT2D eigenvalue weighted by atomic mass is 10.1. The van der Waals surface area contributed by atoms with Crippen molar-refractivity contribution in [1.29, 1.82) is 0 Å². The summed E-state index contributed by atoms with van der Waals surface area (Å²) in [5.41, 5.74) is 1.19. The molecule has 2 nitrogen and oxygen atoms in total. The van der Waals surface area contributed by atoms with Crippen LogP contribution in [0.1, 0.15) is 33.3 Å². The Morgan fingerprint density at radius 1 is 1.29 bits per heavy atom. The summed E-state index contributed by atoms with van der Waals surface area (Å²) < 4.78 is 5.56. The molecule has 0 spiro atoms. The molecule has 0 aliphatic carbocycles. The first-order chi connectivity index (χ1) is 7.42. The maximum absolute atomic E-state index is 5.98. The highest BCUT2D eigenvalue weighted by molar-refractivity contribution is 6.30. The molecule has 0 fully saturated rings. The molecule has 0 radical (unpaired) electrons. The van der Waals surface area contributed by atoms with Gasteiger partial charge in [-0.3, -0.25) is 0 Å². The number of nitrogens with one attached hydrogen (secondary N) is 1. The van der Waals surface area contributed by atoms with Crippen molar-refractivity contribution in [2.75, 3.05) is 6.61 Å². The molecule has 1 aromatic rings. The first-order valence-corrected chi connectivity index (χ1v) is 5.96. The van der Waals surface area contributed by atoms with Gasteiger partial charge >= 0.3 is 0 Å². The van der Waals surface area contributed by atoms with E-state index in [0.29, 0.717) is 6.61 Å². The van der Waals surface area contributed by atoms with Crippen LogP contribution in [0, 0.1) is 0 Å². The zero-order chi connectivity index (χ0) is 12.2. The van der Waals surface area contributed by atoms with Gasteiger partial charge in [-0.1, -0.05) is 11.6 Å². The van der Waals surface area contributed by atoms with Crippen molar-refractivity contribution in [2.24, 2.45) is 0 Å². The minimum Gasteiger partial charge on any atom is -0.494 e. The van der Waals surface area contributed by atoms with Crippen molar-refractivity contribution in [3.63, 3.8) is 0 Å². The van der Waals surface area contributed by atoms with Crippen molar-refractivity contribution >= 4 is 24.0 Å². The average molecular weight is 278 g/mol. The third-order valence-electron chi connectivity index (χ3n) is 2.13. The van der Waals surface area contributed by atoms with Crippen LogP contribution < -0.4 is 10.1 Å². The topological polar surface area (TPSA) is 21.3 Å². The van der Waals surface area contributed by atoms with Crippen molar-refractivity contribution in [3.05, 3.63) is 28.8 Å². The van der Waals surface area contributed by atoms with E-state index < -0.39 is 0 Å². The normalized spacial score (nSPS) is 10.9. The summed E-state index contributed by atoms with van der Waals surface area (Å²) in [7, 11) is 0. The molecular formula is C13H21Cl2NO. The van der Waals surface area contributed by atoms with Crippen LogP contribution in [0.25, 0.3) is 0 Å². The van der Waals surface area contributed by atoms with Crippen LogP contribution in [0.5, 0.6) is 5.75 Å². The Balaban J connectivity index is 0.00000256. The minimum absolute atomic E-state index is 0. The molecule has 0 bridgehead atoms. The summed E-state index contributed by atoms with van der Waals surface area (Å²) in [5.74, 6) is 0.906. The van der Waals surface area contributed by atoms with Gasteiger partial charge in [-0.05, 0) is 45.9 Å². The zero-order valence-corrected chi connectivity index (χ0v) is 12.4. The summed E-state index contributed by atoms with van der Waals surface area (Å²) in [4.78, 5) is 0. The second kappa shape index (κ2) is 7.10. The van der Waals surface area contributed by atoms with E-state index >= 15 is 0 Å². The van der Waals surface area contributed by atoms with E-state index in [1.165, 1.54) is 0 Å². The Morgan fingerprint density at radius 2 is 1.94 bits per heavy atom. The van der Waals surface area contributed by atoms with Crippen LogP contribution in [-0.4, -0.2) is 12.1 Å². The Kier molecular flexibility index (Phi) is 6.91. The van der Waals surface area contributed by atoms with E-state index in [9.17, 15) is 0 Å². The van der Waals surface area contributed by atoms with Gasteiger partial charge in [0, 0.05) is 22.7 Å². The summed E-state index contributed by atoms with van der Waals surface area (Å²) in [6.45, 7) is 9.83. The molecule has 0 unspecified atom stereocenters. The molecule has 1 rings (SSSR count). The van der Waals surface area contributed by atoms with E-state index in [2.05, 4.69) is 26.1 Å². The maximum Gasteiger partial charge on any atom is 0.123 e. The number of ether oxygens (including phenoxy) is 1. The lowest BCUT2D eigenvalue weighted by Crippen LogP contribution is -2.35. The average Bonchev–Trinajstić information content (AvgIpc) is 2.17. The molecule has 1 N–H and O–H groups in total. The van der Waals surface area contributed by atoms with Gasteiger partial charge in [0.15, 0.2) is 0 Å². The zero-order valence-electron chi connectivity index (χ0n) is 10.8. The van der Waals surface area contributed by atoms with Crippen LogP contribution in [0.3, 0.4) is 0 Å². The van der Waals surface area contributed by atoms with Gasteiger partial charge in [0.05, 0.1) is 6.61 Å². The highest BCUT2D eigenvalue weighted by atomic mass is 35.5. The minimum atomic E-state index is 0. The van der Waals surface area contributed by atoms with Gasteiger partial charge in [-0.25, -0.2) is 0 Å². The summed E-state index contributed by atoms with van der Waals surface area (Å²) in [6, 6.07) is 5.73. The SMILES string of the molecule is CCOc1ccc(Cl)cc1CNC(C)(C)C.Cl. The van der Waals surface area contributed by atoms with Gasteiger partial charge in [0.25, 0.3) is 0 Å². The number of halogens is 2. The van der Waals surface area contributed by atoms with Crippen molar-refractivity contribution in [3.8, 4) is 5.75 Å². The van der Waals surface area contributed by atoms with Gasteiger partial charge in [-0.15, -0.1) is 12.4 Å². The number of rotatable bonds is 4. The van der Waals surface area contributed by atoms with E-state index in [4.69, 9.17) is 16.3 Å². The Hall–Kier alpha value is -0.440. The summed E-state index contributed by atoms with van der Waals surface area (Å²) in [6.07, 6.45) is 0. The quantitative estimate of drug-likeness (QED) is 0.897. The van der Waals surface area contributed by atoms with Crippen molar-refractivity contribution < 1.29 is 4.74 Å². The second-order valence-electron chi connectivity index (χ2n) is 4.79. The molecule has 0 saturated heterocycles. The smallest absolute Gasteiger partial charge is 0.123 e. The fourth-order valence-corrected chi connectivity index (χ4v) is 1.54. The molecule has 1 aromatic carbocycles. The highest BCUT2D eigenvalue weighted by Crippen LogP contribution is 2.23. The molecule has 0 aliphatic rings. The Bertz CT molecular complexity index is 348. The molecule has 0 heterocycles.